The molecule has 0 saturated heterocycles. The first-order valence-corrected chi connectivity index (χ1v) is 14.7. The van der Waals surface area contributed by atoms with Crippen LogP contribution in [0.2, 0.25) is 0 Å². The third-order valence-electron chi connectivity index (χ3n) is 4.95. The van der Waals surface area contributed by atoms with Gasteiger partial charge in [0.15, 0.2) is 0 Å². The minimum atomic E-state index is -3.59. The number of nitrogens with one attached hydrogen (secondary N) is 3. The number of anilines is 2. The third kappa shape index (κ3) is 8.53. The van der Waals surface area contributed by atoms with E-state index in [1.807, 2.05) is 6.07 Å². The van der Waals surface area contributed by atoms with Crippen LogP contribution in [-0.2, 0) is 20.0 Å². The van der Waals surface area contributed by atoms with Crippen molar-refractivity contribution in [2.75, 3.05) is 22.0 Å². The number of hydrogen-bond donors (Lipinski definition) is 3. The van der Waals surface area contributed by atoms with E-state index in [0.717, 1.165) is 18.6 Å². The second-order valence-corrected chi connectivity index (χ2v) is 11.5. The summed E-state index contributed by atoms with van der Waals surface area (Å²) < 4.78 is 50.7. The molecule has 0 atom stereocenters. The first kappa shape index (κ1) is 31.3. The Morgan fingerprint density at radius 1 is 0.756 bits per heavy atom. The van der Waals surface area contributed by atoms with Crippen LogP contribution in [0.1, 0.15) is 11.1 Å². The van der Waals surface area contributed by atoms with Gasteiger partial charge < -0.3 is 0 Å². The molecule has 0 aliphatic heterocycles. The summed E-state index contributed by atoms with van der Waals surface area (Å²) in [4.78, 5) is 6.40. The van der Waals surface area contributed by atoms with E-state index in [2.05, 4.69) is 25.0 Å². The van der Waals surface area contributed by atoms with Gasteiger partial charge in [-0.15, -0.1) is 0 Å². The molecule has 2 rings (SSSR count). The molecular formula is C27H18N8O4S2. The van der Waals surface area contributed by atoms with Crippen LogP contribution in [0.25, 0.3) is 20.8 Å². The topological polar surface area (TPSA) is 196 Å². The fraction of sp³-hybridized carbons (Fsp3) is 0.0741. The summed E-state index contributed by atoms with van der Waals surface area (Å²) in [6, 6.07) is 16.3. The highest BCUT2D eigenvalue weighted by atomic mass is 32.2. The molecule has 12 nitrogen and oxygen atoms in total. The van der Waals surface area contributed by atoms with Crippen molar-refractivity contribution in [1.82, 2.24) is 0 Å². The molecule has 2 aromatic rings. The highest BCUT2D eigenvalue weighted by molar-refractivity contribution is 7.92. The van der Waals surface area contributed by atoms with E-state index in [1.54, 1.807) is 12.1 Å². The maximum absolute atomic E-state index is 11.5. The molecule has 0 spiro atoms. The lowest BCUT2D eigenvalue weighted by Gasteiger charge is -2.12. The summed E-state index contributed by atoms with van der Waals surface area (Å²) in [5.74, 6) is 2.10. The number of nitriles is 3. The molecule has 0 saturated carbocycles. The van der Waals surface area contributed by atoms with Crippen molar-refractivity contribution >= 4 is 48.4 Å². The zero-order valence-corrected chi connectivity index (χ0v) is 23.0. The number of rotatable bonds is 9. The molecule has 0 heterocycles. The van der Waals surface area contributed by atoms with Crippen LogP contribution in [0.3, 0.4) is 0 Å². The van der Waals surface area contributed by atoms with Crippen LogP contribution in [-0.4, -0.2) is 35.2 Å². The Hall–Kier alpha value is -5.94. The molecule has 3 N–H and O–H groups in total. The van der Waals surface area contributed by atoms with Gasteiger partial charge in [0.05, 0.1) is 49.4 Å². The summed E-state index contributed by atoms with van der Waals surface area (Å²) in [5.41, 5.74) is -0.910. The second-order valence-electron chi connectivity index (χ2n) is 8.01. The lowest BCUT2D eigenvalue weighted by atomic mass is 9.91. The van der Waals surface area contributed by atoms with Gasteiger partial charge in [0.25, 0.3) is 11.4 Å². The first-order valence-electron chi connectivity index (χ1n) is 10.9. The summed E-state index contributed by atoms with van der Waals surface area (Å²) in [5, 5.41) is 37.1. The number of allylic oxidation sites excluding steroid dienone is 7. The van der Waals surface area contributed by atoms with Crippen LogP contribution in [0, 0.1) is 52.5 Å². The minimum absolute atomic E-state index is 0.107. The smallest absolute Gasteiger partial charge is 0.270 e. The fourth-order valence-corrected chi connectivity index (χ4v) is 4.56. The maximum Gasteiger partial charge on any atom is 0.270 e. The minimum Gasteiger partial charge on any atom is -0.284 e. The highest BCUT2D eigenvalue weighted by Crippen LogP contribution is 2.33. The number of benzene rings is 2. The van der Waals surface area contributed by atoms with Gasteiger partial charge in [0.2, 0.25) is 20.0 Å². The monoisotopic (exact) mass is 582 g/mol. The van der Waals surface area contributed by atoms with Gasteiger partial charge in [0.1, 0.15) is 0 Å². The molecule has 0 radical (unpaired) electrons. The van der Waals surface area contributed by atoms with Crippen LogP contribution in [0.4, 0.5) is 11.4 Å². The predicted molar refractivity (Wildman–Crippen MR) is 153 cm³/mol. The number of nitrogens with zero attached hydrogens (tertiary/aromatic N) is 5. The van der Waals surface area contributed by atoms with E-state index in [-0.39, 0.29) is 44.8 Å². The quantitative estimate of drug-likeness (QED) is 0.171. The van der Waals surface area contributed by atoms with Crippen LogP contribution in [0.5, 0.6) is 0 Å². The molecule has 0 unspecified atom stereocenters. The van der Waals surface area contributed by atoms with E-state index >= 15 is 0 Å². The molecule has 0 aliphatic rings. The van der Waals surface area contributed by atoms with Gasteiger partial charge in [-0.1, -0.05) is 24.3 Å². The van der Waals surface area contributed by atoms with Crippen molar-refractivity contribution in [2.24, 2.45) is 0 Å². The molecule has 0 fully saturated rings. The largest absolute Gasteiger partial charge is 0.284 e. The Labute approximate surface area is 237 Å². The lowest BCUT2D eigenvalue weighted by molar-refractivity contribution is 0.605. The molecule has 0 aliphatic carbocycles. The van der Waals surface area contributed by atoms with Crippen molar-refractivity contribution < 1.29 is 16.8 Å². The summed E-state index contributed by atoms with van der Waals surface area (Å²) >= 11 is 0. The van der Waals surface area contributed by atoms with Gasteiger partial charge >= 0.3 is 0 Å². The van der Waals surface area contributed by atoms with Crippen molar-refractivity contribution in [3.8, 4) is 18.2 Å². The molecule has 202 valence electrons. The van der Waals surface area contributed by atoms with Gasteiger partial charge in [-0.3, -0.25) is 14.9 Å². The Morgan fingerprint density at radius 2 is 1.15 bits per heavy atom. The third-order valence-corrected chi connectivity index (χ3v) is 6.16. The molecule has 14 heteroatoms. The van der Waals surface area contributed by atoms with Crippen molar-refractivity contribution in [1.29, 1.82) is 21.2 Å². The highest BCUT2D eigenvalue weighted by Gasteiger charge is 2.19. The average Bonchev–Trinajstić information content (AvgIpc) is 2.91. The Bertz CT molecular complexity index is 1930. The van der Waals surface area contributed by atoms with Gasteiger partial charge in [-0.05, 0) is 47.3 Å². The first-order chi connectivity index (χ1) is 19.3. The normalized spacial score (nSPS) is 12.4. The van der Waals surface area contributed by atoms with Crippen molar-refractivity contribution in [2.45, 2.75) is 0 Å². The van der Waals surface area contributed by atoms with Crippen LogP contribution < -0.4 is 9.44 Å². The zero-order valence-electron chi connectivity index (χ0n) is 21.4. The lowest BCUT2D eigenvalue weighted by Crippen LogP contribution is -2.09. The van der Waals surface area contributed by atoms with Crippen LogP contribution in [0.15, 0.2) is 77.1 Å². The Kier molecular flexibility index (Phi) is 10.1. The summed E-state index contributed by atoms with van der Waals surface area (Å²) in [6.07, 6.45) is 3.01. The van der Waals surface area contributed by atoms with E-state index in [1.165, 1.54) is 48.5 Å². The van der Waals surface area contributed by atoms with Crippen molar-refractivity contribution in [3.63, 3.8) is 0 Å². The van der Waals surface area contributed by atoms with E-state index in [0.29, 0.717) is 0 Å². The second kappa shape index (κ2) is 13.2. The fourth-order valence-electron chi connectivity index (χ4n) is 3.43. The summed E-state index contributed by atoms with van der Waals surface area (Å²) in [6.45, 7) is 14.9. The number of hydrogen-bond acceptors (Lipinski definition) is 8. The SMILES string of the molecule is [C-]#[N+]C(C#N)=C(C(=C=N)C=C(C#N)C(=C(C#N)[N+]#[C-])c1ccc(NS(C)(=O)=O)cc1)c1ccc(NS(C)(=O)=O)cc1. The average molecular weight is 583 g/mol. The molecule has 0 amide bonds. The predicted octanol–water partition coefficient (Wildman–Crippen LogP) is 4.06. The molecule has 41 heavy (non-hydrogen) atoms. The van der Waals surface area contributed by atoms with Gasteiger partial charge in [0, 0.05) is 28.1 Å². The molecule has 0 bridgehead atoms. The van der Waals surface area contributed by atoms with Crippen LogP contribution >= 0.6 is 0 Å². The van der Waals surface area contributed by atoms with E-state index in [4.69, 9.17) is 18.6 Å². The maximum atomic E-state index is 11.5. The standard InChI is InChI=1S/C27H18N8O4S2/c1-32-24(16-30)26(18-5-9-22(10-6-18)34-40(3,36)37)20(14-28)13-21(15-29)27(25(17-31)33-2)19-7-11-23(12-8-19)35-41(4,38)39/h5-13,28,34-35H,3-4H3. The van der Waals surface area contributed by atoms with E-state index in [9.17, 15) is 32.6 Å². The van der Waals surface area contributed by atoms with E-state index < -0.39 is 31.4 Å². The zero-order chi connectivity index (χ0) is 30.8. The Morgan fingerprint density at radius 3 is 1.46 bits per heavy atom. The van der Waals surface area contributed by atoms with Gasteiger partial charge in [-0.2, -0.15) is 5.26 Å². The van der Waals surface area contributed by atoms with Gasteiger partial charge in [-0.25, -0.2) is 37.0 Å². The summed E-state index contributed by atoms with van der Waals surface area (Å²) in [7, 11) is -7.17. The molecular weight excluding hydrogens is 564 g/mol. The molecule has 2 aromatic carbocycles. The number of sulfonamides is 2. The molecule has 0 aromatic heterocycles. The van der Waals surface area contributed by atoms with Crippen molar-refractivity contribution in [3.05, 3.63) is 111 Å². The Balaban J connectivity index is 2.79.